The van der Waals surface area contributed by atoms with Crippen molar-refractivity contribution in [1.82, 2.24) is 30.6 Å². The van der Waals surface area contributed by atoms with Crippen molar-refractivity contribution in [2.24, 2.45) is 5.92 Å². The molecule has 1 aromatic carbocycles. The van der Waals surface area contributed by atoms with Crippen molar-refractivity contribution in [2.75, 3.05) is 23.3 Å². The van der Waals surface area contributed by atoms with Gasteiger partial charge in [0.15, 0.2) is 11.5 Å². The van der Waals surface area contributed by atoms with Crippen LogP contribution < -0.4 is 15.5 Å². The van der Waals surface area contributed by atoms with Gasteiger partial charge in [-0.05, 0) is 53.1 Å². The van der Waals surface area contributed by atoms with E-state index in [2.05, 4.69) is 36.2 Å². The van der Waals surface area contributed by atoms with E-state index in [0.29, 0.717) is 12.2 Å². The zero-order valence-electron chi connectivity index (χ0n) is 16.1. The van der Waals surface area contributed by atoms with Crippen molar-refractivity contribution in [3.05, 3.63) is 42.0 Å². The van der Waals surface area contributed by atoms with Crippen LogP contribution in [0.1, 0.15) is 25.3 Å². The number of carbonyl (C=O) groups excluding carboxylic acids is 2. The Hall–Kier alpha value is -3.56. The molecule has 2 aromatic heterocycles. The fourth-order valence-electron chi connectivity index (χ4n) is 3.42. The molecule has 1 aliphatic heterocycles. The van der Waals surface area contributed by atoms with Gasteiger partial charge in [0, 0.05) is 38.2 Å². The molecule has 3 aromatic rings. The Bertz CT molecular complexity index is 1010. The van der Waals surface area contributed by atoms with E-state index in [0.717, 1.165) is 43.0 Å². The number of aromatic nitrogens is 5. The topological polar surface area (TPSA) is 117 Å². The first-order valence-electron chi connectivity index (χ1n) is 9.53. The van der Waals surface area contributed by atoms with Crippen LogP contribution in [0.5, 0.6) is 0 Å². The van der Waals surface area contributed by atoms with Crippen LogP contribution >= 0.6 is 0 Å². The van der Waals surface area contributed by atoms with Gasteiger partial charge in [-0.2, -0.15) is 0 Å². The SMILES string of the molecule is CC(=O)Nc1ccc(CNC(=O)C2CCN(c3ccc4nnnn4n3)CC2)cc1. The molecule has 0 radical (unpaired) electrons. The van der Waals surface area contributed by atoms with Crippen LogP contribution in [0.25, 0.3) is 5.65 Å². The largest absolute Gasteiger partial charge is 0.355 e. The third-order valence-corrected chi connectivity index (χ3v) is 4.99. The lowest BCUT2D eigenvalue weighted by molar-refractivity contribution is -0.125. The van der Waals surface area contributed by atoms with Gasteiger partial charge in [-0.15, -0.1) is 14.8 Å². The second-order valence-corrected chi connectivity index (χ2v) is 7.08. The van der Waals surface area contributed by atoms with Gasteiger partial charge in [-0.3, -0.25) is 9.59 Å². The summed E-state index contributed by atoms with van der Waals surface area (Å²) in [6.45, 7) is 3.45. The molecule has 4 rings (SSSR count). The summed E-state index contributed by atoms with van der Waals surface area (Å²) in [5, 5.41) is 21.4. The fraction of sp³-hybridized carbons (Fsp3) is 0.368. The van der Waals surface area contributed by atoms with Gasteiger partial charge >= 0.3 is 0 Å². The second kappa shape index (κ2) is 8.21. The monoisotopic (exact) mass is 394 g/mol. The summed E-state index contributed by atoms with van der Waals surface area (Å²) in [5.74, 6) is 0.759. The maximum Gasteiger partial charge on any atom is 0.223 e. The van der Waals surface area contributed by atoms with Crippen molar-refractivity contribution in [1.29, 1.82) is 0 Å². The van der Waals surface area contributed by atoms with E-state index in [1.54, 1.807) is 0 Å². The van der Waals surface area contributed by atoms with Gasteiger partial charge in [-0.25, -0.2) is 0 Å². The first-order valence-corrected chi connectivity index (χ1v) is 9.53. The maximum atomic E-state index is 12.5. The van der Waals surface area contributed by atoms with Crippen LogP contribution in [0.3, 0.4) is 0 Å². The second-order valence-electron chi connectivity index (χ2n) is 7.08. The summed E-state index contributed by atoms with van der Waals surface area (Å²) in [7, 11) is 0. The molecule has 0 atom stereocenters. The van der Waals surface area contributed by atoms with Gasteiger partial charge in [0.1, 0.15) is 0 Å². The van der Waals surface area contributed by atoms with E-state index in [9.17, 15) is 9.59 Å². The van der Waals surface area contributed by atoms with Gasteiger partial charge in [-0.1, -0.05) is 12.1 Å². The van der Waals surface area contributed by atoms with E-state index in [-0.39, 0.29) is 17.7 Å². The number of carbonyl (C=O) groups is 2. The summed E-state index contributed by atoms with van der Waals surface area (Å²) in [5.41, 5.74) is 2.34. The molecule has 1 fully saturated rings. The highest BCUT2D eigenvalue weighted by atomic mass is 16.2. The summed E-state index contributed by atoms with van der Waals surface area (Å²) >= 11 is 0. The normalized spacial score (nSPS) is 14.7. The highest BCUT2D eigenvalue weighted by Crippen LogP contribution is 2.22. The molecule has 1 saturated heterocycles. The number of fused-ring (bicyclic) bond motifs is 1. The molecule has 2 amide bonds. The van der Waals surface area contributed by atoms with Gasteiger partial charge < -0.3 is 15.5 Å². The predicted octanol–water partition coefficient (Wildman–Crippen LogP) is 1.01. The number of anilines is 2. The number of tetrazole rings is 1. The van der Waals surface area contributed by atoms with E-state index in [4.69, 9.17) is 0 Å². The lowest BCUT2D eigenvalue weighted by Crippen LogP contribution is -2.40. The van der Waals surface area contributed by atoms with E-state index in [1.165, 1.54) is 11.6 Å². The Kier molecular flexibility index (Phi) is 5.32. The minimum atomic E-state index is -0.106. The summed E-state index contributed by atoms with van der Waals surface area (Å²) in [4.78, 5) is 25.7. The number of nitrogens with one attached hydrogen (secondary N) is 2. The standard InChI is InChI=1S/C19H22N8O2/c1-13(28)21-16-4-2-14(3-5-16)12-20-19(29)15-8-10-26(11-9-15)18-7-6-17-22-24-25-27(17)23-18/h2-7,15H,8-12H2,1H3,(H,20,29)(H,21,28). The smallest absolute Gasteiger partial charge is 0.223 e. The number of amides is 2. The molecule has 29 heavy (non-hydrogen) atoms. The van der Waals surface area contributed by atoms with Crippen molar-refractivity contribution in [3.8, 4) is 0 Å². The molecular weight excluding hydrogens is 372 g/mol. The number of piperidine rings is 1. The number of rotatable bonds is 5. The summed E-state index contributed by atoms with van der Waals surface area (Å²) < 4.78 is 1.41. The average molecular weight is 394 g/mol. The number of hydrogen-bond donors (Lipinski definition) is 2. The van der Waals surface area contributed by atoms with E-state index < -0.39 is 0 Å². The summed E-state index contributed by atoms with van der Waals surface area (Å²) in [6.07, 6.45) is 1.53. The van der Waals surface area contributed by atoms with Gasteiger partial charge in [0.25, 0.3) is 0 Å². The van der Waals surface area contributed by atoms with Crippen LogP contribution in [0.2, 0.25) is 0 Å². The third kappa shape index (κ3) is 4.48. The molecule has 2 N–H and O–H groups in total. The third-order valence-electron chi connectivity index (χ3n) is 4.99. The minimum Gasteiger partial charge on any atom is -0.355 e. The molecule has 0 bridgehead atoms. The van der Waals surface area contributed by atoms with Crippen LogP contribution in [0.4, 0.5) is 11.5 Å². The molecule has 10 nitrogen and oxygen atoms in total. The Morgan fingerprint density at radius 3 is 2.59 bits per heavy atom. The quantitative estimate of drug-likeness (QED) is 0.663. The molecule has 1 aliphatic rings. The van der Waals surface area contributed by atoms with Crippen molar-refractivity contribution in [2.45, 2.75) is 26.3 Å². The first-order chi connectivity index (χ1) is 14.1. The highest BCUT2D eigenvalue weighted by Gasteiger charge is 2.25. The van der Waals surface area contributed by atoms with Gasteiger partial charge in [0.2, 0.25) is 11.8 Å². The zero-order valence-corrected chi connectivity index (χ0v) is 16.1. The zero-order chi connectivity index (χ0) is 20.2. The van der Waals surface area contributed by atoms with Gasteiger partial charge in [0.05, 0.1) is 0 Å². The molecule has 0 saturated carbocycles. The minimum absolute atomic E-state index is 0.0123. The van der Waals surface area contributed by atoms with E-state index in [1.807, 2.05) is 36.4 Å². The molecule has 10 heteroatoms. The molecule has 0 aliphatic carbocycles. The molecule has 3 heterocycles. The first kappa shape index (κ1) is 18.8. The Morgan fingerprint density at radius 2 is 1.86 bits per heavy atom. The van der Waals surface area contributed by atoms with Crippen molar-refractivity contribution in [3.63, 3.8) is 0 Å². The van der Waals surface area contributed by atoms with Crippen LogP contribution in [0.15, 0.2) is 36.4 Å². The lowest BCUT2D eigenvalue weighted by Gasteiger charge is -2.31. The van der Waals surface area contributed by atoms with E-state index >= 15 is 0 Å². The Labute approximate surface area is 167 Å². The lowest BCUT2D eigenvalue weighted by atomic mass is 9.96. The van der Waals surface area contributed by atoms with Crippen LogP contribution in [-0.4, -0.2) is 50.2 Å². The van der Waals surface area contributed by atoms with Crippen molar-refractivity contribution < 1.29 is 9.59 Å². The predicted molar refractivity (Wildman–Crippen MR) is 106 cm³/mol. The Balaban J connectivity index is 1.27. The molecule has 150 valence electrons. The molecular formula is C19H22N8O2. The number of nitrogens with zero attached hydrogens (tertiary/aromatic N) is 6. The van der Waals surface area contributed by atoms with Crippen LogP contribution in [-0.2, 0) is 16.1 Å². The highest BCUT2D eigenvalue weighted by molar-refractivity contribution is 5.88. The average Bonchev–Trinajstić information content (AvgIpc) is 3.20. The molecule has 0 unspecified atom stereocenters. The Morgan fingerprint density at radius 1 is 1.10 bits per heavy atom. The maximum absolute atomic E-state index is 12.5. The number of hydrogen-bond acceptors (Lipinski definition) is 7. The molecule has 0 spiro atoms. The summed E-state index contributed by atoms with van der Waals surface area (Å²) in [6, 6.07) is 11.2. The fourth-order valence-corrected chi connectivity index (χ4v) is 3.42. The van der Waals surface area contributed by atoms with Crippen LogP contribution in [0, 0.1) is 5.92 Å². The van der Waals surface area contributed by atoms with Crippen molar-refractivity contribution >= 4 is 29.0 Å². The number of benzene rings is 1.